The second-order valence-corrected chi connectivity index (χ2v) is 4.60. The molecule has 0 aliphatic heterocycles. The molecule has 1 fully saturated rings. The maximum absolute atomic E-state index is 8.79. The average molecular weight is 215 g/mol. The minimum absolute atomic E-state index is 0.279. The van der Waals surface area contributed by atoms with E-state index in [9.17, 15) is 0 Å². The highest BCUT2D eigenvalue weighted by molar-refractivity contribution is 5.33. The molecule has 0 heterocycles. The van der Waals surface area contributed by atoms with Gasteiger partial charge in [-0.1, -0.05) is 48.6 Å². The Morgan fingerprint density at radius 3 is 2.50 bits per heavy atom. The van der Waals surface area contributed by atoms with Crippen molar-refractivity contribution in [2.24, 2.45) is 5.11 Å². The van der Waals surface area contributed by atoms with Gasteiger partial charge < -0.3 is 0 Å². The number of hydrogen-bond acceptors (Lipinski definition) is 1. The van der Waals surface area contributed by atoms with Crippen LogP contribution in [-0.4, -0.2) is 0 Å². The highest BCUT2D eigenvalue weighted by atomic mass is 15.2. The second-order valence-electron chi connectivity index (χ2n) is 4.60. The molecule has 0 unspecified atom stereocenters. The lowest BCUT2D eigenvalue weighted by Crippen LogP contribution is -2.27. The van der Waals surface area contributed by atoms with Gasteiger partial charge in [-0.25, -0.2) is 0 Å². The summed E-state index contributed by atoms with van der Waals surface area (Å²) in [5, 5.41) is 4.13. The zero-order valence-corrected chi connectivity index (χ0v) is 9.69. The SMILES string of the molecule is Cc1ccccc1C1(N=[N+]=[N-])CCCCC1. The predicted molar refractivity (Wildman–Crippen MR) is 65.1 cm³/mol. The van der Waals surface area contributed by atoms with Crippen molar-refractivity contribution in [3.8, 4) is 0 Å². The molecule has 0 bridgehead atoms. The minimum atomic E-state index is -0.279. The standard InChI is InChI=1S/C13H17N3/c1-11-7-3-4-8-12(11)13(15-16-14)9-5-2-6-10-13/h3-4,7-8H,2,5-6,9-10H2,1H3. The van der Waals surface area contributed by atoms with E-state index < -0.39 is 0 Å². The van der Waals surface area contributed by atoms with Crippen molar-refractivity contribution in [3.05, 3.63) is 45.8 Å². The van der Waals surface area contributed by atoms with Crippen LogP contribution in [0.15, 0.2) is 29.4 Å². The van der Waals surface area contributed by atoms with Crippen molar-refractivity contribution in [1.29, 1.82) is 0 Å². The van der Waals surface area contributed by atoms with Gasteiger partial charge in [0.05, 0.1) is 5.54 Å². The number of aryl methyl sites for hydroxylation is 1. The van der Waals surface area contributed by atoms with Crippen LogP contribution in [0.4, 0.5) is 0 Å². The van der Waals surface area contributed by atoms with Crippen molar-refractivity contribution in [1.82, 2.24) is 0 Å². The first-order chi connectivity index (χ1) is 7.78. The van der Waals surface area contributed by atoms with Gasteiger partial charge in [0.15, 0.2) is 0 Å². The Morgan fingerprint density at radius 2 is 1.88 bits per heavy atom. The third-order valence-electron chi connectivity index (χ3n) is 3.56. The summed E-state index contributed by atoms with van der Waals surface area (Å²) in [7, 11) is 0. The van der Waals surface area contributed by atoms with Crippen LogP contribution in [0, 0.1) is 6.92 Å². The Balaban J connectivity index is 2.46. The monoisotopic (exact) mass is 215 g/mol. The highest BCUT2D eigenvalue weighted by Gasteiger charge is 2.33. The van der Waals surface area contributed by atoms with Gasteiger partial charge in [0, 0.05) is 4.91 Å². The largest absolute Gasteiger partial charge is 0.0825 e. The van der Waals surface area contributed by atoms with Crippen molar-refractivity contribution < 1.29 is 0 Å². The summed E-state index contributed by atoms with van der Waals surface area (Å²) in [6.07, 6.45) is 5.55. The fourth-order valence-electron chi connectivity index (χ4n) is 2.74. The second kappa shape index (κ2) is 4.58. The molecule has 0 radical (unpaired) electrons. The van der Waals surface area contributed by atoms with Crippen molar-refractivity contribution in [2.75, 3.05) is 0 Å². The van der Waals surface area contributed by atoms with Crippen LogP contribution in [0.5, 0.6) is 0 Å². The van der Waals surface area contributed by atoms with E-state index >= 15 is 0 Å². The van der Waals surface area contributed by atoms with Crippen LogP contribution in [0.3, 0.4) is 0 Å². The van der Waals surface area contributed by atoms with Gasteiger partial charge in [-0.05, 0) is 36.4 Å². The lowest BCUT2D eigenvalue weighted by molar-refractivity contribution is 0.300. The molecule has 2 rings (SSSR count). The molecule has 3 heteroatoms. The third kappa shape index (κ3) is 1.91. The molecule has 0 saturated heterocycles. The summed E-state index contributed by atoms with van der Waals surface area (Å²) in [5.41, 5.74) is 11.0. The molecule has 0 aromatic heterocycles. The van der Waals surface area contributed by atoms with Crippen molar-refractivity contribution in [2.45, 2.75) is 44.6 Å². The molecule has 84 valence electrons. The number of hydrogen-bond donors (Lipinski definition) is 0. The zero-order valence-electron chi connectivity index (χ0n) is 9.69. The smallest absolute Gasteiger partial charge is 0.0740 e. The van der Waals surface area contributed by atoms with E-state index in [0.717, 1.165) is 25.7 Å². The molecule has 1 aromatic rings. The van der Waals surface area contributed by atoms with E-state index in [4.69, 9.17) is 5.53 Å². The van der Waals surface area contributed by atoms with Gasteiger partial charge in [-0.3, -0.25) is 0 Å². The molecular formula is C13H17N3. The first kappa shape index (κ1) is 11.0. The summed E-state index contributed by atoms with van der Waals surface area (Å²) in [4.78, 5) is 3.07. The molecule has 1 aliphatic carbocycles. The summed E-state index contributed by atoms with van der Waals surface area (Å²) in [6, 6.07) is 8.27. The number of azide groups is 1. The van der Waals surface area contributed by atoms with E-state index in [-0.39, 0.29) is 5.54 Å². The quantitative estimate of drug-likeness (QED) is 0.397. The molecule has 0 amide bonds. The average Bonchev–Trinajstić information content (AvgIpc) is 2.31. The molecule has 1 aliphatic rings. The topological polar surface area (TPSA) is 48.8 Å². The Kier molecular flexibility index (Phi) is 3.16. The van der Waals surface area contributed by atoms with E-state index in [1.54, 1.807) is 0 Å². The summed E-state index contributed by atoms with van der Waals surface area (Å²) in [5.74, 6) is 0. The fraction of sp³-hybridized carbons (Fsp3) is 0.538. The van der Waals surface area contributed by atoms with Gasteiger partial charge in [-0.2, -0.15) is 0 Å². The lowest BCUT2D eigenvalue weighted by Gasteiger charge is -2.34. The van der Waals surface area contributed by atoms with Crippen molar-refractivity contribution in [3.63, 3.8) is 0 Å². The van der Waals surface area contributed by atoms with Gasteiger partial charge in [-0.15, -0.1) is 0 Å². The van der Waals surface area contributed by atoms with Crippen LogP contribution in [0.1, 0.15) is 43.2 Å². The molecule has 0 N–H and O–H groups in total. The first-order valence-corrected chi connectivity index (χ1v) is 5.91. The normalized spacial score (nSPS) is 18.8. The Hall–Kier alpha value is -1.47. The molecule has 1 saturated carbocycles. The Labute approximate surface area is 96.1 Å². The molecular weight excluding hydrogens is 198 g/mol. The predicted octanol–water partition coefficient (Wildman–Crippen LogP) is 4.46. The molecule has 0 spiro atoms. The zero-order chi connectivity index (χ0) is 11.4. The van der Waals surface area contributed by atoms with Crippen molar-refractivity contribution >= 4 is 0 Å². The van der Waals surface area contributed by atoms with Crippen LogP contribution >= 0.6 is 0 Å². The first-order valence-electron chi connectivity index (χ1n) is 5.91. The van der Waals surface area contributed by atoms with E-state index in [1.807, 2.05) is 12.1 Å². The van der Waals surface area contributed by atoms with Crippen LogP contribution in [-0.2, 0) is 5.54 Å². The lowest BCUT2D eigenvalue weighted by atomic mass is 9.76. The van der Waals surface area contributed by atoms with Crippen LogP contribution in [0.25, 0.3) is 10.4 Å². The maximum atomic E-state index is 8.79. The number of benzene rings is 1. The summed E-state index contributed by atoms with van der Waals surface area (Å²) >= 11 is 0. The number of rotatable bonds is 2. The van der Waals surface area contributed by atoms with E-state index in [2.05, 4.69) is 29.1 Å². The van der Waals surface area contributed by atoms with Gasteiger partial charge >= 0.3 is 0 Å². The van der Waals surface area contributed by atoms with Gasteiger partial charge in [0.25, 0.3) is 0 Å². The molecule has 1 aromatic carbocycles. The third-order valence-corrected chi connectivity index (χ3v) is 3.56. The van der Waals surface area contributed by atoms with E-state index in [0.29, 0.717) is 0 Å². The minimum Gasteiger partial charge on any atom is -0.0825 e. The highest BCUT2D eigenvalue weighted by Crippen LogP contribution is 2.41. The summed E-state index contributed by atoms with van der Waals surface area (Å²) < 4.78 is 0. The Morgan fingerprint density at radius 1 is 1.19 bits per heavy atom. The summed E-state index contributed by atoms with van der Waals surface area (Å²) in [6.45, 7) is 2.10. The van der Waals surface area contributed by atoms with Gasteiger partial charge in [0.1, 0.15) is 0 Å². The maximum Gasteiger partial charge on any atom is 0.0740 e. The molecule has 16 heavy (non-hydrogen) atoms. The Bertz CT molecular complexity index is 413. The molecule has 3 nitrogen and oxygen atoms in total. The van der Waals surface area contributed by atoms with Gasteiger partial charge in [0.2, 0.25) is 0 Å². The van der Waals surface area contributed by atoms with Crippen LogP contribution < -0.4 is 0 Å². The number of nitrogens with zero attached hydrogens (tertiary/aromatic N) is 3. The van der Waals surface area contributed by atoms with E-state index in [1.165, 1.54) is 17.5 Å². The fourth-order valence-corrected chi connectivity index (χ4v) is 2.74. The van der Waals surface area contributed by atoms with Crippen LogP contribution in [0.2, 0.25) is 0 Å². The molecule has 0 atom stereocenters.